The van der Waals surface area contributed by atoms with Crippen molar-refractivity contribution in [2.75, 3.05) is 6.61 Å². The van der Waals surface area contributed by atoms with Gasteiger partial charge in [0.15, 0.2) is 0 Å². The molecule has 0 radical (unpaired) electrons. The van der Waals surface area contributed by atoms with E-state index in [9.17, 15) is 9.59 Å². The topological polar surface area (TPSA) is 52.6 Å². The van der Waals surface area contributed by atoms with Crippen molar-refractivity contribution in [3.05, 3.63) is 35.4 Å². The number of carbonyl (C=O) groups is 2. The van der Waals surface area contributed by atoms with Gasteiger partial charge in [-0.1, -0.05) is 123 Å². The SMILES string of the molecule is CCCCCCCCCCCCCCCOC(=O)c1ccccc1C(=O)OC(CC)C(C)CCC. The summed E-state index contributed by atoms with van der Waals surface area (Å²) in [5, 5.41) is 0. The monoisotopic (exact) mass is 488 g/mol. The highest BCUT2D eigenvalue weighted by Crippen LogP contribution is 2.20. The minimum Gasteiger partial charge on any atom is -0.462 e. The third-order valence-electron chi connectivity index (χ3n) is 6.89. The number of unbranched alkanes of at least 4 members (excludes halogenated alkanes) is 12. The summed E-state index contributed by atoms with van der Waals surface area (Å²) in [6.45, 7) is 8.93. The van der Waals surface area contributed by atoms with Crippen molar-refractivity contribution < 1.29 is 19.1 Å². The molecule has 1 aromatic rings. The van der Waals surface area contributed by atoms with E-state index in [1.165, 1.54) is 70.6 Å². The summed E-state index contributed by atoms with van der Waals surface area (Å²) in [5.41, 5.74) is 0.593. The van der Waals surface area contributed by atoms with Crippen molar-refractivity contribution in [1.29, 1.82) is 0 Å². The first-order chi connectivity index (χ1) is 17.0. The maximum Gasteiger partial charge on any atom is 0.339 e. The number of benzene rings is 1. The summed E-state index contributed by atoms with van der Waals surface area (Å²) in [4.78, 5) is 25.5. The zero-order valence-electron chi connectivity index (χ0n) is 23.1. The van der Waals surface area contributed by atoms with E-state index in [-0.39, 0.29) is 6.10 Å². The van der Waals surface area contributed by atoms with Gasteiger partial charge >= 0.3 is 11.9 Å². The predicted molar refractivity (Wildman–Crippen MR) is 146 cm³/mol. The summed E-state index contributed by atoms with van der Waals surface area (Å²) in [6.07, 6.45) is 19.3. The van der Waals surface area contributed by atoms with Crippen LogP contribution in [0.3, 0.4) is 0 Å². The molecule has 0 saturated carbocycles. The molecule has 0 aliphatic rings. The summed E-state index contributed by atoms with van der Waals surface area (Å²) in [7, 11) is 0. The Balaban J connectivity index is 2.27. The summed E-state index contributed by atoms with van der Waals surface area (Å²) in [5.74, 6) is -0.580. The van der Waals surface area contributed by atoms with Crippen molar-refractivity contribution in [3.63, 3.8) is 0 Å². The van der Waals surface area contributed by atoms with E-state index in [0.717, 1.165) is 32.1 Å². The number of esters is 2. The molecular formula is C31H52O4. The van der Waals surface area contributed by atoms with Gasteiger partial charge in [0.2, 0.25) is 0 Å². The van der Waals surface area contributed by atoms with Gasteiger partial charge in [0, 0.05) is 0 Å². The zero-order valence-corrected chi connectivity index (χ0v) is 23.1. The Bertz CT molecular complexity index is 684. The Labute approximate surface area is 215 Å². The van der Waals surface area contributed by atoms with Crippen LogP contribution in [0.25, 0.3) is 0 Å². The van der Waals surface area contributed by atoms with Crippen LogP contribution in [0.15, 0.2) is 24.3 Å². The van der Waals surface area contributed by atoms with Gasteiger partial charge in [-0.2, -0.15) is 0 Å². The van der Waals surface area contributed by atoms with Crippen molar-refractivity contribution >= 4 is 11.9 Å². The van der Waals surface area contributed by atoms with Crippen LogP contribution >= 0.6 is 0 Å². The van der Waals surface area contributed by atoms with Crippen LogP contribution in [-0.4, -0.2) is 24.6 Å². The molecule has 0 fully saturated rings. The largest absolute Gasteiger partial charge is 0.462 e. The molecule has 0 spiro atoms. The molecule has 0 aliphatic heterocycles. The van der Waals surface area contributed by atoms with Gasteiger partial charge < -0.3 is 9.47 Å². The van der Waals surface area contributed by atoms with Gasteiger partial charge in [-0.05, 0) is 37.3 Å². The Hall–Kier alpha value is -1.84. The van der Waals surface area contributed by atoms with E-state index in [4.69, 9.17) is 9.47 Å². The molecule has 4 heteroatoms. The minimum absolute atomic E-state index is 0.141. The molecule has 0 amide bonds. The molecule has 0 N–H and O–H groups in total. The average Bonchev–Trinajstić information content (AvgIpc) is 2.87. The molecule has 0 aliphatic carbocycles. The molecule has 1 rings (SSSR count). The summed E-state index contributed by atoms with van der Waals surface area (Å²) >= 11 is 0. The first kappa shape index (κ1) is 31.2. The lowest BCUT2D eigenvalue weighted by Crippen LogP contribution is -2.26. The molecule has 1 aromatic carbocycles. The molecule has 0 bridgehead atoms. The van der Waals surface area contributed by atoms with Crippen LogP contribution in [0, 0.1) is 5.92 Å². The van der Waals surface area contributed by atoms with Crippen molar-refractivity contribution in [3.8, 4) is 0 Å². The van der Waals surface area contributed by atoms with Crippen molar-refractivity contribution in [2.45, 2.75) is 137 Å². The lowest BCUT2D eigenvalue weighted by atomic mass is 9.97. The predicted octanol–water partition coefficient (Wildman–Crippen LogP) is 9.31. The Morgan fingerprint density at radius 2 is 1.17 bits per heavy atom. The Morgan fingerprint density at radius 3 is 1.66 bits per heavy atom. The van der Waals surface area contributed by atoms with Crippen molar-refractivity contribution in [1.82, 2.24) is 0 Å². The maximum atomic E-state index is 12.8. The van der Waals surface area contributed by atoms with E-state index in [1.807, 2.05) is 6.92 Å². The Morgan fingerprint density at radius 1 is 0.686 bits per heavy atom. The molecular weight excluding hydrogens is 436 g/mol. The summed E-state index contributed by atoms with van der Waals surface area (Å²) < 4.78 is 11.3. The Kier molecular flexibility index (Phi) is 18.1. The highest BCUT2D eigenvalue weighted by atomic mass is 16.5. The van der Waals surface area contributed by atoms with Crippen LogP contribution in [0.1, 0.15) is 151 Å². The maximum absolute atomic E-state index is 12.8. The molecule has 2 atom stereocenters. The second kappa shape index (κ2) is 20.4. The third-order valence-corrected chi connectivity index (χ3v) is 6.89. The van der Waals surface area contributed by atoms with Crippen molar-refractivity contribution in [2.24, 2.45) is 5.92 Å². The number of hydrogen-bond acceptors (Lipinski definition) is 4. The number of ether oxygens (including phenoxy) is 2. The van der Waals surface area contributed by atoms with Gasteiger partial charge in [-0.3, -0.25) is 0 Å². The fourth-order valence-corrected chi connectivity index (χ4v) is 4.65. The van der Waals surface area contributed by atoms with Crippen LogP contribution < -0.4 is 0 Å². The van der Waals surface area contributed by atoms with Gasteiger partial charge in [-0.25, -0.2) is 9.59 Å². The normalized spacial score (nSPS) is 12.8. The van der Waals surface area contributed by atoms with Crippen LogP contribution in [0.5, 0.6) is 0 Å². The molecule has 2 unspecified atom stereocenters. The second-order valence-electron chi connectivity index (χ2n) is 10.0. The van der Waals surface area contributed by atoms with E-state index >= 15 is 0 Å². The van der Waals surface area contributed by atoms with E-state index < -0.39 is 11.9 Å². The molecule has 200 valence electrons. The molecule has 35 heavy (non-hydrogen) atoms. The third kappa shape index (κ3) is 13.7. The first-order valence-electron chi connectivity index (χ1n) is 14.5. The molecule has 0 heterocycles. The zero-order chi connectivity index (χ0) is 25.7. The fourth-order valence-electron chi connectivity index (χ4n) is 4.65. The molecule has 0 saturated heterocycles. The smallest absolute Gasteiger partial charge is 0.339 e. The van der Waals surface area contributed by atoms with E-state index in [1.54, 1.807) is 24.3 Å². The second-order valence-corrected chi connectivity index (χ2v) is 10.0. The number of rotatable bonds is 21. The summed E-state index contributed by atoms with van der Waals surface area (Å²) in [6, 6.07) is 6.83. The molecule has 0 aromatic heterocycles. The van der Waals surface area contributed by atoms with Crippen LogP contribution in [-0.2, 0) is 9.47 Å². The highest BCUT2D eigenvalue weighted by Gasteiger charge is 2.24. The van der Waals surface area contributed by atoms with Crippen LogP contribution in [0.4, 0.5) is 0 Å². The van der Waals surface area contributed by atoms with E-state index in [2.05, 4.69) is 20.8 Å². The standard InChI is InChI=1S/C31H52O4/c1-5-8-9-10-11-12-13-14-15-16-17-18-21-25-34-30(32)27-23-19-20-24-28(27)31(33)35-29(7-3)26(4)22-6-2/h19-20,23-24,26,29H,5-18,21-22,25H2,1-4H3. The minimum atomic E-state index is -0.439. The van der Waals surface area contributed by atoms with Gasteiger partial charge in [0.05, 0.1) is 17.7 Å². The van der Waals surface area contributed by atoms with Gasteiger partial charge in [0.1, 0.15) is 6.10 Å². The first-order valence-corrected chi connectivity index (χ1v) is 14.5. The lowest BCUT2D eigenvalue weighted by molar-refractivity contribution is 0.0132. The lowest BCUT2D eigenvalue weighted by Gasteiger charge is -2.23. The van der Waals surface area contributed by atoms with E-state index in [0.29, 0.717) is 23.7 Å². The fraction of sp³-hybridized carbons (Fsp3) is 0.742. The number of carbonyl (C=O) groups excluding carboxylic acids is 2. The van der Waals surface area contributed by atoms with Gasteiger partial charge in [-0.15, -0.1) is 0 Å². The highest BCUT2D eigenvalue weighted by molar-refractivity contribution is 6.03. The van der Waals surface area contributed by atoms with Gasteiger partial charge in [0.25, 0.3) is 0 Å². The number of hydrogen-bond donors (Lipinski definition) is 0. The quantitative estimate of drug-likeness (QED) is 0.128. The average molecular weight is 489 g/mol. The van der Waals surface area contributed by atoms with Crippen LogP contribution in [0.2, 0.25) is 0 Å². The molecule has 4 nitrogen and oxygen atoms in total.